The molecule has 1 heterocycles. The van der Waals surface area contributed by atoms with Crippen LogP contribution in [0.15, 0.2) is 42.5 Å². The fraction of sp³-hybridized carbons (Fsp3) is 0.391. The number of benzene rings is 2. The van der Waals surface area contributed by atoms with Gasteiger partial charge in [-0.15, -0.1) is 0 Å². The van der Waals surface area contributed by atoms with Gasteiger partial charge in [-0.2, -0.15) is 0 Å². The van der Waals surface area contributed by atoms with E-state index in [0.29, 0.717) is 32.6 Å². The van der Waals surface area contributed by atoms with Crippen LogP contribution in [-0.4, -0.2) is 47.8 Å². The first-order chi connectivity index (χ1) is 13.6. The van der Waals surface area contributed by atoms with E-state index in [9.17, 15) is 14.0 Å². The lowest BCUT2D eigenvalue weighted by Gasteiger charge is -2.23. The van der Waals surface area contributed by atoms with Crippen molar-refractivity contribution in [2.75, 3.05) is 26.2 Å². The van der Waals surface area contributed by atoms with Crippen LogP contribution in [0, 0.1) is 5.82 Å². The summed E-state index contributed by atoms with van der Waals surface area (Å²) in [6, 6.07) is 12.1. The maximum absolute atomic E-state index is 13.9. The molecule has 0 bridgehead atoms. The van der Waals surface area contributed by atoms with Crippen LogP contribution in [-0.2, 0) is 12.8 Å². The van der Waals surface area contributed by atoms with Crippen LogP contribution >= 0.6 is 0 Å². The van der Waals surface area contributed by atoms with Crippen LogP contribution in [0.5, 0.6) is 0 Å². The summed E-state index contributed by atoms with van der Waals surface area (Å²) in [5, 5.41) is 0. The predicted molar refractivity (Wildman–Crippen MR) is 106 cm³/mol. The molecule has 0 spiro atoms. The minimum atomic E-state index is -0.501. The summed E-state index contributed by atoms with van der Waals surface area (Å²) in [4.78, 5) is 29.1. The van der Waals surface area contributed by atoms with Crippen molar-refractivity contribution >= 4 is 11.8 Å². The number of hydrogen-bond donors (Lipinski definition) is 0. The minimum absolute atomic E-state index is 0.0218. The molecule has 2 amide bonds. The first kappa shape index (κ1) is 18.7. The monoisotopic (exact) mass is 380 g/mol. The van der Waals surface area contributed by atoms with Gasteiger partial charge in [0.2, 0.25) is 0 Å². The van der Waals surface area contributed by atoms with E-state index in [1.54, 1.807) is 17.0 Å². The number of carbonyl (C=O) groups is 2. The van der Waals surface area contributed by atoms with Gasteiger partial charge >= 0.3 is 0 Å². The first-order valence-corrected chi connectivity index (χ1v) is 10.1. The summed E-state index contributed by atoms with van der Waals surface area (Å²) >= 11 is 0. The van der Waals surface area contributed by atoms with E-state index in [2.05, 4.69) is 6.07 Å². The highest BCUT2D eigenvalue weighted by atomic mass is 19.1. The molecule has 4 nitrogen and oxygen atoms in total. The quantitative estimate of drug-likeness (QED) is 0.797. The molecule has 0 atom stereocenters. The van der Waals surface area contributed by atoms with Crippen molar-refractivity contribution in [3.63, 3.8) is 0 Å². The smallest absolute Gasteiger partial charge is 0.256 e. The minimum Gasteiger partial charge on any atom is -0.337 e. The van der Waals surface area contributed by atoms with Crippen molar-refractivity contribution in [3.05, 3.63) is 70.5 Å². The molecular formula is C23H25FN2O2. The molecule has 28 heavy (non-hydrogen) atoms. The molecule has 1 aliphatic heterocycles. The number of fused-ring (bicyclic) bond motifs is 1. The average Bonchev–Trinajstić information content (AvgIpc) is 2.99. The fourth-order valence-corrected chi connectivity index (χ4v) is 4.18. The van der Waals surface area contributed by atoms with Gasteiger partial charge in [0.1, 0.15) is 5.82 Å². The van der Waals surface area contributed by atoms with Crippen molar-refractivity contribution < 1.29 is 14.0 Å². The fourth-order valence-electron chi connectivity index (χ4n) is 4.18. The van der Waals surface area contributed by atoms with Crippen LogP contribution in [0.3, 0.4) is 0 Å². The summed E-state index contributed by atoms with van der Waals surface area (Å²) < 4.78 is 13.9. The second-order valence-electron chi connectivity index (χ2n) is 7.61. The van der Waals surface area contributed by atoms with Gasteiger partial charge in [-0.1, -0.05) is 18.2 Å². The molecule has 0 N–H and O–H groups in total. The number of carbonyl (C=O) groups excluding carboxylic acids is 2. The van der Waals surface area contributed by atoms with Crippen molar-refractivity contribution in [2.24, 2.45) is 0 Å². The SMILES string of the molecule is O=C(c1ccc2c(c1)CCCC2)N1CCCN(C(=O)c2ccccc2F)CC1. The van der Waals surface area contributed by atoms with Crippen LogP contribution in [0.2, 0.25) is 0 Å². The molecule has 4 rings (SSSR count). The molecule has 0 radical (unpaired) electrons. The zero-order chi connectivity index (χ0) is 19.5. The second kappa shape index (κ2) is 8.13. The predicted octanol–water partition coefficient (Wildman–Crippen LogP) is 3.69. The Labute approximate surface area is 164 Å². The molecule has 1 fully saturated rings. The number of aryl methyl sites for hydroxylation is 2. The molecular weight excluding hydrogens is 355 g/mol. The third-order valence-electron chi connectivity index (χ3n) is 5.77. The highest BCUT2D eigenvalue weighted by molar-refractivity contribution is 5.95. The number of hydrogen-bond acceptors (Lipinski definition) is 2. The van der Waals surface area contributed by atoms with E-state index < -0.39 is 5.82 Å². The topological polar surface area (TPSA) is 40.6 Å². The first-order valence-electron chi connectivity index (χ1n) is 10.1. The molecule has 0 aromatic heterocycles. The van der Waals surface area contributed by atoms with Crippen LogP contribution in [0.4, 0.5) is 4.39 Å². The van der Waals surface area contributed by atoms with Crippen molar-refractivity contribution in [2.45, 2.75) is 32.1 Å². The van der Waals surface area contributed by atoms with Gasteiger partial charge in [0.05, 0.1) is 5.56 Å². The molecule has 2 aromatic rings. The Kier molecular flexibility index (Phi) is 5.42. The van der Waals surface area contributed by atoms with Crippen molar-refractivity contribution in [3.8, 4) is 0 Å². The van der Waals surface area contributed by atoms with E-state index in [1.807, 2.05) is 17.0 Å². The Morgan fingerprint density at radius 1 is 0.750 bits per heavy atom. The Hall–Kier alpha value is -2.69. The van der Waals surface area contributed by atoms with Gasteiger partial charge in [-0.25, -0.2) is 4.39 Å². The third-order valence-corrected chi connectivity index (χ3v) is 5.77. The highest BCUT2D eigenvalue weighted by Crippen LogP contribution is 2.23. The van der Waals surface area contributed by atoms with Gasteiger partial charge in [0.15, 0.2) is 0 Å². The summed E-state index contributed by atoms with van der Waals surface area (Å²) in [5.41, 5.74) is 3.48. The summed E-state index contributed by atoms with van der Waals surface area (Å²) in [6.45, 7) is 2.03. The average molecular weight is 380 g/mol. The van der Waals surface area contributed by atoms with Crippen molar-refractivity contribution in [1.82, 2.24) is 9.80 Å². The van der Waals surface area contributed by atoms with Gasteiger partial charge in [-0.3, -0.25) is 9.59 Å². The Balaban J connectivity index is 1.44. The number of rotatable bonds is 2. The zero-order valence-corrected chi connectivity index (χ0v) is 16.0. The molecule has 5 heteroatoms. The van der Waals surface area contributed by atoms with Gasteiger partial charge in [0, 0.05) is 31.7 Å². The standard InChI is InChI=1S/C23H25FN2O2/c24-21-9-4-3-8-20(21)23(28)26-13-5-12-25(14-15-26)22(27)19-11-10-17-6-1-2-7-18(17)16-19/h3-4,8-11,16H,1-2,5-7,12-15H2. The van der Waals surface area contributed by atoms with Gasteiger partial charge in [-0.05, 0) is 67.5 Å². The van der Waals surface area contributed by atoms with Gasteiger partial charge < -0.3 is 9.80 Å². The lowest BCUT2D eigenvalue weighted by molar-refractivity contribution is 0.0716. The number of halogens is 1. The van der Waals surface area contributed by atoms with E-state index in [-0.39, 0.29) is 17.4 Å². The van der Waals surface area contributed by atoms with Crippen LogP contribution < -0.4 is 0 Å². The Bertz CT molecular complexity index is 896. The third kappa shape index (κ3) is 3.79. The van der Waals surface area contributed by atoms with Crippen LogP contribution in [0.1, 0.15) is 51.1 Å². The molecule has 146 valence electrons. The normalized spacial score (nSPS) is 17.0. The van der Waals surface area contributed by atoms with E-state index >= 15 is 0 Å². The van der Waals surface area contributed by atoms with E-state index in [0.717, 1.165) is 18.4 Å². The summed E-state index contributed by atoms with van der Waals surface area (Å²) in [7, 11) is 0. The Morgan fingerprint density at radius 2 is 1.43 bits per heavy atom. The Morgan fingerprint density at radius 3 is 2.18 bits per heavy atom. The van der Waals surface area contributed by atoms with Crippen molar-refractivity contribution in [1.29, 1.82) is 0 Å². The van der Waals surface area contributed by atoms with Crippen LogP contribution in [0.25, 0.3) is 0 Å². The maximum atomic E-state index is 13.9. The number of amides is 2. The maximum Gasteiger partial charge on any atom is 0.256 e. The molecule has 2 aromatic carbocycles. The van der Waals surface area contributed by atoms with Gasteiger partial charge in [0.25, 0.3) is 11.8 Å². The molecule has 1 aliphatic carbocycles. The highest BCUT2D eigenvalue weighted by Gasteiger charge is 2.25. The molecule has 2 aliphatic rings. The molecule has 0 saturated carbocycles. The largest absolute Gasteiger partial charge is 0.337 e. The lowest BCUT2D eigenvalue weighted by Crippen LogP contribution is -2.37. The molecule has 1 saturated heterocycles. The summed E-state index contributed by atoms with van der Waals surface area (Å²) in [5.74, 6) is -0.784. The number of nitrogens with zero attached hydrogens (tertiary/aromatic N) is 2. The summed E-state index contributed by atoms with van der Waals surface area (Å²) in [6.07, 6.45) is 5.23. The second-order valence-corrected chi connectivity index (χ2v) is 7.61. The van der Waals surface area contributed by atoms with E-state index in [1.165, 1.54) is 36.1 Å². The van der Waals surface area contributed by atoms with E-state index in [4.69, 9.17) is 0 Å². The molecule has 0 unspecified atom stereocenters. The zero-order valence-electron chi connectivity index (χ0n) is 16.0. The lowest BCUT2D eigenvalue weighted by atomic mass is 9.90.